The van der Waals surface area contributed by atoms with Gasteiger partial charge in [-0.3, -0.25) is 14.7 Å². The van der Waals surface area contributed by atoms with Gasteiger partial charge in [0.2, 0.25) is 0 Å². The van der Waals surface area contributed by atoms with E-state index in [9.17, 15) is 0 Å². The second kappa shape index (κ2) is 7.10. The summed E-state index contributed by atoms with van der Waals surface area (Å²) in [6.45, 7) is 28.1. The fraction of sp³-hybridized carbons (Fsp3) is 1.00. The lowest BCUT2D eigenvalue weighted by molar-refractivity contribution is -0.0330. The maximum absolute atomic E-state index is 2.75. The zero-order chi connectivity index (χ0) is 18.4. The number of nitrogens with zero attached hydrogens (tertiary/aromatic N) is 4. The van der Waals surface area contributed by atoms with Crippen molar-refractivity contribution in [3.63, 3.8) is 0 Å². The summed E-state index contributed by atoms with van der Waals surface area (Å²) < 4.78 is 0. The number of hydrogen-bond acceptors (Lipinski definition) is 4. The number of piperazine rings is 1. The molecule has 3 aliphatic heterocycles. The molecule has 0 N–H and O–H groups in total. The van der Waals surface area contributed by atoms with E-state index < -0.39 is 0 Å². The Morgan fingerprint density at radius 2 is 1.16 bits per heavy atom. The van der Waals surface area contributed by atoms with E-state index >= 15 is 0 Å². The van der Waals surface area contributed by atoms with Gasteiger partial charge in [-0.05, 0) is 60.3 Å². The average molecular weight is 351 g/mol. The summed E-state index contributed by atoms with van der Waals surface area (Å²) in [4.78, 5) is 10.7. The molecule has 3 fully saturated rings. The minimum absolute atomic E-state index is 0.352. The molecule has 1 unspecified atom stereocenters. The summed E-state index contributed by atoms with van der Waals surface area (Å²) in [5.41, 5.74) is 0.705. The summed E-state index contributed by atoms with van der Waals surface area (Å²) in [5.74, 6) is 1.78. The van der Waals surface area contributed by atoms with Crippen LogP contribution in [0.15, 0.2) is 0 Å². The van der Waals surface area contributed by atoms with Gasteiger partial charge in [0.1, 0.15) is 0 Å². The van der Waals surface area contributed by atoms with Crippen molar-refractivity contribution in [2.24, 2.45) is 11.8 Å². The standard InChI is InChI=1S/C21H42N4/c1-17-10-22(11-18-13-24(14-18)20(2,3)4)8-9-23(17)12-19-15-25(16-19)21(5,6)7/h17-19H,8-16H2,1-7H3. The first-order valence-electron chi connectivity index (χ1n) is 10.5. The van der Waals surface area contributed by atoms with Crippen LogP contribution in [0.4, 0.5) is 0 Å². The first kappa shape index (κ1) is 19.6. The summed E-state index contributed by atoms with van der Waals surface area (Å²) in [6, 6.07) is 0.719. The SMILES string of the molecule is CC1CN(CC2CN(C(C)(C)C)C2)CCN1CC1CN(C(C)(C)C)C1. The van der Waals surface area contributed by atoms with E-state index in [0.29, 0.717) is 11.1 Å². The van der Waals surface area contributed by atoms with Crippen molar-refractivity contribution in [2.45, 2.75) is 65.6 Å². The van der Waals surface area contributed by atoms with Crippen LogP contribution >= 0.6 is 0 Å². The lowest BCUT2D eigenvalue weighted by atomic mass is 9.91. The lowest BCUT2D eigenvalue weighted by Crippen LogP contribution is -2.62. The van der Waals surface area contributed by atoms with Crippen LogP contribution in [0, 0.1) is 11.8 Å². The third kappa shape index (κ3) is 4.77. The maximum atomic E-state index is 2.75. The monoisotopic (exact) mass is 350 g/mol. The van der Waals surface area contributed by atoms with Gasteiger partial charge < -0.3 is 4.90 Å². The predicted molar refractivity (Wildman–Crippen MR) is 107 cm³/mol. The quantitative estimate of drug-likeness (QED) is 0.772. The first-order chi connectivity index (χ1) is 11.5. The number of rotatable bonds is 4. The van der Waals surface area contributed by atoms with Crippen LogP contribution in [0.1, 0.15) is 48.5 Å². The molecule has 1 atom stereocenters. The Bertz CT molecular complexity index is 438. The molecule has 3 heterocycles. The normalized spacial score (nSPS) is 29.6. The van der Waals surface area contributed by atoms with Crippen LogP contribution in [-0.4, -0.2) is 95.6 Å². The Hall–Kier alpha value is -0.160. The summed E-state index contributed by atoms with van der Waals surface area (Å²) in [6.07, 6.45) is 0. The van der Waals surface area contributed by atoms with Gasteiger partial charge in [-0.2, -0.15) is 0 Å². The van der Waals surface area contributed by atoms with E-state index in [1.54, 1.807) is 0 Å². The van der Waals surface area contributed by atoms with Crippen molar-refractivity contribution >= 4 is 0 Å². The second-order valence-corrected chi connectivity index (χ2v) is 11.0. The van der Waals surface area contributed by atoms with Gasteiger partial charge in [0.25, 0.3) is 0 Å². The maximum Gasteiger partial charge on any atom is 0.0195 e. The molecular formula is C21H42N4. The van der Waals surface area contributed by atoms with E-state index in [1.807, 2.05) is 0 Å². The average Bonchev–Trinajstić information content (AvgIpc) is 2.36. The smallest absolute Gasteiger partial charge is 0.0195 e. The minimum Gasteiger partial charge on any atom is -0.300 e. The molecule has 0 radical (unpaired) electrons. The highest BCUT2D eigenvalue weighted by atomic mass is 15.3. The molecule has 0 spiro atoms. The molecule has 4 heteroatoms. The van der Waals surface area contributed by atoms with Gasteiger partial charge in [0, 0.05) is 76.0 Å². The zero-order valence-corrected chi connectivity index (χ0v) is 17.9. The van der Waals surface area contributed by atoms with E-state index in [2.05, 4.69) is 68.1 Å². The van der Waals surface area contributed by atoms with E-state index in [0.717, 1.165) is 17.9 Å². The van der Waals surface area contributed by atoms with Crippen LogP contribution in [0.5, 0.6) is 0 Å². The van der Waals surface area contributed by atoms with Crippen molar-refractivity contribution in [1.82, 2.24) is 19.6 Å². The molecule has 4 nitrogen and oxygen atoms in total. The molecule has 0 aliphatic carbocycles. The highest BCUT2D eigenvalue weighted by Gasteiger charge is 2.38. The molecule has 3 saturated heterocycles. The lowest BCUT2D eigenvalue weighted by Gasteiger charge is -2.52. The highest BCUT2D eigenvalue weighted by molar-refractivity contribution is 4.93. The van der Waals surface area contributed by atoms with Gasteiger partial charge in [-0.15, -0.1) is 0 Å². The Morgan fingerprint density at radius 1 is 0.680 bits per heavy atom. The van der Waals surface area contributed by atoms with Gasteiger partial charge in [-0.1, -0.05) is 0 Å². The van der Waals surface area contributed by atoms with Gasteiger partial charge in [0.05, 0.1) is 0 Å². The van der Waals surface area contributed by atoms with Crippen LogP contribution < -0.4 is 0 Å². The molecule has 3 rings (SSSR count). The summed E-state index contributed by atoms with van der Waals surface area (Å²) in [7, 11) is 0. The topological polar surface area (TPSA) is 13.0 Å². The molecule has 3 aliphatic rings. The molecule has 146 valence electrons. The molecule has 0 bridgehead atoms. The minimum atomic E-state index is 0.352. The van der Waals surface area contributed by atoms with Crippen molar-refractivity contribution in [1.29, 1.82) is 0 Å². The van der Waals surface area contributed by atoms with Crippen LogP contribution in [0.25, 0.3) is 0 Å². The van der Waals surface area contributed by atoms with Gasteiger partial charge in [0.15, 0.2) is 0 Å². The second-order valence-electron chi connectivity index (χ2n) is 11.0. The Kier molecular flexibility index (Phi) is 5.57. The third-order valence-electron chi connectivity index (χ3n) is 6.67. The van der Waals surface area contributed by atoms with Gasteiger partial charge >= 0.3 is 0 Å². The molecule has 0 aromatic heterocycles. The van der Waals surface area contributed by atoms with Gasteiger partial charge in [-0.25, -0.2) is 0 Å². The van der Waals surface area contributed by atoms with Crippen molar-refractivity contribution in [3.8, 4) is 0 Å². The molecule has 0 aromatic rings. The fourth-order valence-corrected chi connectivity index (χ4v) is 4.67. The van der Waals surface area contributed by atoms with Crippen LogP contribution in [0.3, 0.4) is 0 Å². The first-order valence-corrected chi connectivity index (χ1v) is 10.5. The van der Waals surface area contributed by atoms with E-state index in [-0.39, 0.29) is 0 Å². The summed E-state index contributed by atoms with van der Waals surface area (Å²) >= 11 is 0. The third-order valence-corrected chi connectivity index (χ3v) is 6.67. The highest BCUT2D eigenvalue weighted by Crippen LogP contribution is 2.28. The number of hydrogen-bond donors (Lipinski definition) is 0. The van der Waals surface area contributed by atoms with Crippen molar-refractivity contribution in [3.05, 3.63) is 0 Å². The summed E-state index contributed by atoms with van der Waals surface area (Å²) in [5, 5.41) is 0. The zero-order valence-electron chi connectivity index (χ0n) is 17.9. The largest absolute Gasteiger partial charge is 0.300 e. The van der Waals surface area contributed by atoms with E-state index in [4.69, 9.17) is 0 Å². The molecule has 0 amide bonds. The van der Waals surface area contributed by atoms with Crippen LogP contribution in [-0.2, 0) is 0 Å². The Morgan fingerprint density at radius 3 is 1.60 bits per heavy atom. The van der Waals surface area contributed by atoms with E-state index in [1.165, 1.54) is 58.9 Å². The molecular weight excluding hydrogens is 308 g/mol. The van der Waals surface area contributed by atoms with Crippen molar-refractivity contribution in [2.75, 3.05) is 58.9 Å². The predicted octanol–water partition coefficient (Wildman–Crippen LogP) is 2.45. The fourth-order valence-electron chi connectivity index (χ4n) is 4.67. The molecule has 0 saturated carbocycles. The van der Waals surface area contributed by atoms with Crippen LogP contribution in [0.2, 0.25) is 0 Å². The number of likely N-dealkylation sites (tertiary alicyclic amines) is 2. The Balaban J connectivity index is 1.35. The van der Waals surface area contributed by atoms with Crippen molar-refractivity contribution < 1.29 is 0 Å². The molecule has 0 aromatic carbocycles. The molecule has 25 heavy (non-hydrogen) atoms. The Labute approximate surface area is 156 Å².